The second-order valence-electron chi connectivity index (χ2n) is 4.94. The molecular formula is C13H16F4N2. The van der Waals surface area contributed by atoms with Crippen molar-refractivity contribution in [1.29, 1.82) is 0 Å². The van der Waals surface area contributed by atoms with Gasteiger partial charge in [-0.2, -0.15) is 13.2 Å². The Balaban J connectivity index is 2.15. The fourth-order valence-corrected chi connectivity index (χ4v) is 2.32. The first-order valence-electron chi connectivity index (χ1n) is 6.18. The van der Waals surface area contributed by atoms with Crippen molar-refractivity contribution in [3.63, 3.8) is 0 Å². The first kappa shape index (κ1) is 14.1. The van der Waals surface area contributed by atoms with Gasteiger partial charge in [-0.1, -0.05) is 0 Å². The number of likely N-dealkylation sites (tertiary alicyclic amines) is 1. The molecule has 0 aliphatic carbocycles. The van der Waals surface area contributed by atoms with E-state index in [0.29, 0.717) is 6.54 Å². The number of halogens is 4. The van der Waals surface area contributed by atoms with E-state index in [-0.39, 0.29) is 11.7 Å². The zero-order chi connectivity index (χ0) is 14.0. The number of nitrogens with zero attached hydrogens (tertiary/aromatic N) is 1. The van der Waals surface area contributed by atoms with Crippen LogP contribution in [0, 0.1) is 5.82 Å². The molecule has 1 saturated heterocycles. The third kappa shape index (κ3) is 3.59. The molecule has 19 heavy (non-hydrogen) atoms. The van der Waals surface area contributed by atoms with Crippen LogP contribution in [0.4, 0.5) is 23.2 Å². The lowest BCUT2D eigenvalue weighted by Gasteiger charge is -2.31. The summed E-state index contributed by atoms with van der Waals surface area (Å²) in [5.74, 6) is -0.652. The van der Waals surface area contributed by atoms with Gasteiger partial charge in [-0.05, 0) is 44.6 Å². The monoisotopic (exact) mass is 276 g/mol. The first-order chi connectivity index (χ1) is 8.86. The summed E-state index contributed by atoms with van der Waals surface area (Å²) in [4.78, 5) is 2.08. The van der Waals surface area contributed by atoms with Gasteiger partial charge in [-0.25, -0.2) is 4.39 Å². The van der Waals surface area contributed by atoms with Crippen LogP contribution in [0.3, 0.4) is 0 Å². The number of anilines is 1. The molecule has 1 atom stereocenters. The molecule has 1 unspecified atom stereocenters. The van der Waals surface area contributed by atoms with Gasteiger partial charge in [0.15, 0.2) is 0 Å². The Morgan fingerprint density at radius 3 is 2.68 bits per heavy atom. The Morgan fingerprint density at radius 2 is 2.05 bits per heavy atom. The molecule has 1 heterocycles. The molecule has 1 fully saturated rings. The SMILES string of the molecule is CN1CCCC(Nc2cc(C(F)(F)F)ccc2F)C1. The van der Waals surface area contributed by atoms with Gasteiger partial charge < -0.3 is 10.2 Å². The molecule has 1 aliphatic heterocycles. The van der Waals surface area contributed by atoms with E-state index in [9.17, 15) is 17.6 Å². The average molecular weight is 276 g/mol. The highest BCUT2D eigenvalue weighted by molar-refractivity contribution is 5.49. The van der Waals surface area contributed by atoms with Gasteiger partial charge in [0.1, 0.15) is 5.82 Å². The van der Waals surface area contributed by atoms with Crippen molar-refractivity contribution in [3.8, 4) is 0 Å². The minimum absolute atomic E-state index is 0.0169. The van der Waals surface area contributed by atoms with Crippen LogP contribution in [0.5, 0.6) is 0 Å². The van der Waals surface area contributed by atoms with E-state index in [1.807, 2.05) is 7.05 Å². The minimum atomic E-state index is -4.45. The van der Waals surface area contributed by atoms with E-state index >= 15 is 0 Å². The van der Waals surface area contributed by atoms with E-state index < -0.39 is 17.6 Å². The van der Waals surface area contributed by atoms with Crippen molar-refractivity contribution in [2.45, 2.75) is 25.1 Å². The molecule has 0 bridgehead atoms. The smallest absolute Gasteiger partial charge is 0.379 e. The molecule has 1 aromatic rings. The lowest BCUT2D eigenvalue weighted by molar-refractivity contribution is -0.137. The zero-order valence-corrected chi connectivity index (χ0v) is 10.6. The number of benzene rings is 1. The van der Waals surface area contributed by atoms with Crippen molar-refractivity contribution < 1.29 is 17.6 Å². The standard InChI is InChI=1S/C13H16F4N2/c1-19-6-2-3-10(8-19)18-12-7-9(13(15,16)17)4-5-11(12)14/h4-5,7,10,18H,2-3,6,8H2,1H3. The summed E-state index contributed by atoms with van der Waals surface area (Å²) < 4.78 is 51.3. The molecule has 0 aromatic heterocycles. The molecule has 0 spiro atoms. The summed E-state index contributed by atoms with van der Waals surface area (Å²) in [7, 11) is 1.94. The lowest BCUT2D eigenvalue weighted by atomic mass is 10.1. The maximum absolute atomic E-state index is 13.6. The highest BCUT2D eigenvalue weighted by Gasteiger charge is 2.31. The van der Waals surface area contributed by atoms with Crippen LogP contribution in [0.15, 0.2) is 18.2 Å². The molecule has 1 N–H and O–H groups in total. The number of likely N-dealkylation sites (N-methyl/N-ethyl adjacent to an activating group) is 1. The van der Waals surface area contributed by atoms with Crippen molar-refractivity contribution >= 4 is 5.69 Å². The number of piperidine rings is 1. The van der Waals surface area contributed by atoms with Crippen LogP contribution >= 0.6 is 0 Å². The molecule has 1 aromatic carbocycles. The summed E-state index contributed by atoms with van der Waals surface area (Å²) in [6.45, 7) is 1.67. The quantitative estimate of drug-likeness (QED) is 0.833. The third-order valence-electron chi connectivity index (χ3n) is 3.28. The lowest BCUT2D eigenvalue weighted by Crippen LogP contribution is -2.39. The van der Waals surface area contributed by atoms with Crippen molar-refractivity contribution in [2.75, 3.05) is 25.5 Å². The second kappa shape index (κ2) is 5.36. The topological polar surface area (TPSA) is 15.3 Å². The van der Waals surface area contributed by atoms with Crippen molar-refractivity contribution in [1.82, 2.24) is 4.90 Å². The van der Waals surface area contributed by atoms with E-state index in [2.05, 4.69) is 10.2 Å². The molecule has 0 amide bonds. The van der Waals surface area contributed by atoms with Crippen LogP contribution in [0.2, 0.25) is 0 Å². The Bertz CT molecular complexity index is 445. The largest absolute Gasteiger partial charge is 0.416 e. The summed E-state index contributed by atoms with van der Waals surface area (Å²) in [6.07, 6.45) is -2.66. The van der Waals surface area contributed by atoms with Crippen LogP contribution in [-0.4, -0.2) is 31.1 Å². The molecular weight excluding hydrogens is 260 g/mol. The molecule has 0 saturated carbocycles. The molecule has 1 aliphatic rings. The number of rotatable bonds is 2. The number of alkyl halides is 3. The van der Waals surface area contributed by atoms with Crippen molar-refractivity contribution in [2.24, 2.45) is 0 Å². The van der Waals surface area contributed by atoms with Crippen LogP contribution < -0.4 is 5.32 Å². The third-order valence-corrected chi connectivity index (χ3v) is 3.28. The second-order valence-corrected chi connectivity index (χ2v) is 4.94. The van der Waals surface area contributed by atoms with E-state index in [1.54, 1.807) is 0 Å². The molecule has 2 nitrogen and oxygen atoms in total. The van der Waals surface area contributed by atoms with Crippen molar-refractivity contribution in [3.05, 3.63) is 29.6 Å². The predicted octanol–water partition coefficient (Wildman–Crippen LogP) is 3.35. The van der Waals surface area contributed by atoms with Gasteiger partial charge in [0.25, 0.3) is 0 Å². The van der Waals surface area contributed by atoms with Crippen LogP contribution in [0.25, 0.3) is 0 Å². The van der Waals surface area contributed by atoms with E-state index in [1.165, 1.54) is 0 Å². The molecule has 2 rings (SSSR count). The molecule has 6 heteroatoms. The first-order valence-corrected chi connectivity index (χ1v) is 6.18. The maximum Gasteiger partial charge on any atom is 0.416 e. The van der Waals surface area contributed by atoms with Gasteiger partial charge in [-0.3, -0.25) is 0 Å². The average Bonchev–Trinajstić information content (AvgIpc) is 2.30. The zero-order valence-electron chi connectivity index (χ0n) is 10.6. The highest BCUT2D eigenvalue weighted by atomic mass is 19.4. The summed E-state index contributed by atoms with van der Waals surface area (Å²) in [5.41, 5.74) is -0.907. The Labute approximate surface area is 109 Å². The summed E-state index contributed by atoms with van der Waals surface area (Å²) in [6, 6.07) is 2.44. The number of hydrogen-bond donors (Lipinski definition) is 1. The van der Waals surface area contributed by atoms with Gasteiger partial charge in [0, 0.05) is 12.6 Å². The highest BCUT2D eigenvalue weighted by Crippen LogP contribution is 2.32. The Kier molecular flexibility index (Phi) is 3.99. The molecule has 0 radical (unpaired) electrons. The van der Waals surface area contributed by atoms with Crippen LogP contribution in [0.1, 0.15) is 18.4 Å². The fourth-order valence-electron chi connectivity index (χ4n) is 2.32. The van der Waals surface area contributed by atoms with Gasteiger partial charge in [0.2, 0.25) is 0 Å². The normalized spacial score (nSPS) is 21.4. The van der Waals surface area contributed by atoms with E-state index in [4.69, 9.17) is 0 Å². The number of hydrogen-bond acceptors (Lipinski definition) is 2. The maximum atomic E-state index is 13.6. The van der Waals surface area contributed by atoms with Gasteiger partial charge in [0.05, 0.1) is 11.3 Å². The van der Waals surface area contributed by atoms with Gasteiger partial charge >= 0.3 is 6.18 Å². The summed E-state index contributed by atoms with van der Waals surface area (Å²) in [5, 5.41) is 2.88. The predicted molar refractivity (Wildman–Crippen MR) is 65.5 cm³/mol. The Hall–Kier alpha value is -1.30. The molecule has 106 valence electrons. The Morgan fingerprint density at radius 1 is 1.32 bits per heavy atom. The minimum Gasteiger partial charge on any atom is -0.379 e. The van der Waals surface area contributed by atoms with E-state index in [0.717, 1.165) is 37.6 Å². The summed E-state index contributed by atoms with van der Waals surface area (Å²) >= 11 is 0. The number of nitrogens with one attached hydrogen (secondary N) is 1. The van der Waals surface area contributed by atoms with Gasteiger partial charge in [-0.15, -0.1) is 0 Å². The fraction of sp³-hybridized carbons (Fsp3) is 0.538. The van der Waals surface area contributed by atoms with Crippen LogP contribution in [-0.2, 0) is 6.18 Å².